The molecule has 1 saturated heterocycles. The summed E-state index contributed by atoms with van der Waals surface area (Å²) in [5, 5.41) is 7.04. The van der Waals surface area contributed by atoms with Gasteiger partial charge in [-0.3, -0.25) is 9.89 Å². The van der Waals surface area contributed by atoms with Gasteiger partial charge in [-0.2, -0.15) is 5.10 Å². The quantitative estimate of drug-likeness (QED) is 0.845. The lowest BCUT2D eigenvalue weighted by atomic mass is 10.0. The predicted octanol–water partition coefficient (Wildman–Crippen LogP) is 1.62. The van der Waals surface area contributed by atoms with Gasteiger partial charge in [-0.25, -0.2) is 13.1 Å². The van der Waals surface area contributed by atoms with Crippen molar-refractivity contribution in [1.82, 2.24) is 19.8 Å². The van der Waals surface area contributed by atoms with E-state index in [2.05, 4.69) is 14.9 Å². The van der Waals surface area contributed by atoms with E-state index >= 15 is 0 Å². The molecule has 2 N–H and O–H groups in total. The van der Waals surface area contributed by atoms with Crippen LogP contribution >= 0.6 is 0 Å². The molecule has 25 heavy (non-hydrogen) atoms. The first-order valence-corrected chi connectivity index (χ1v) is 10.2. The Morgan fingerprint density at radius 2 is 2.08 bits per heavy atom. The summed E-state index contributed by atoms with van der Waals surface area (Å²) in [7, 11) is -3.28. The molecule has 1 amide bonds. The highest BCUT2D eigenvalue weighted by Gasteiger charge is 2.29. The number of carbonyl (C=O) groups is 1. The van der Waals surface area contributed by atoms with E-state index in [1.807, 2.05) is 30.3 Å². The first-order valence-electron chi connectivity index (χ1n) is 8.30. The van der Waals surface area contributed by atoms with E-state index in [0.29, 0.717) is 17.9 Å². The van der Waals surface area contributed by atoms with Crippen LogP contribution in [0.2, 0.25) is 0 Å². The highest BCUT2D eigenvalue weighted by atomic mass is 32.2. The van der Waals surface area contributed by atoms with Crippen molar-refractivity contribution < 1.29 is 13.2 Å². The topological polar surface area (TPSA) is 95.2 Å². The molecule has 1 aliphatic heterocycles. The summed E-state index contributed by atoms with van der Waals surface area (Å²) in [5.74, 6) is -0.144. The number of nitrogens with one attached hydrogen (secondary N) is 2. The highest BCUT2D eigenvalue weighted by Crippen LogP contribution is 2.22. The zero-order chi connectivity index (χ0) is 17.9. The molecule has 0 bridgehead atoms. The van der Waals surface area contributed by atoms with Gasteiger partial charge in [0.05, 0.1) is 11.9 Å². The van der Waals surface area contributed by atoms with Crippen LogP contribution in [0.1, 0.15) is 29.8 Å². The van der Waals surface area contributed by atoms with Crippen LogP contribution < -0.4 is 4.72 Å². The zero-order valence-electron chi connectivity index (χ0n) is 14.1. The number of hydrogen-bond donors (Lipinski definition) is 2. The third kappa shape index (κ3) is 4.46. The van der Waals surface area contributed by atoms with Gasteiger partial charge in [0.25, 0.3) is 5.91 Å². The summed E-state index contributed by atoms with van der Waals surface area (Å²) in [6.45, 7) is 0.860. The average molecular weight is 362 g/mol. The van der Waals surface area contributed by atoms with Gasteiger partial charge in [-0.05, 0) is 25.3 Å². The summed E-state index contributed by atoms with van der Waals surface area (Å²) < 4.78 is 25.2. The summed E-state index contributed by atoms with van der Waals surface area (Å²) in [4.78, 5) is 14.6. The molecular weight excluding hydrogens is 340 g/mol. The van der Waals surface area contributed by atoms with E-state index in [-0.39, 0.29) is 18.5 Å². The van der Waals surface area contributed by atoms with E-state index in [1.54, 1.807) is 11.0 Å². The van der Waals surface area contributed by atoms with Crippen molar-refractivity contribution in [2.75, 3.05) is 19.3 Å². The summed E-state index contributed by atoms with van der Waals surface area (Å²) >= 11 is 0. The normalized spacial score (nSPS) is 18.3. The predicted molar refractivity (Wildman–Crippen MR) is 95.5 cm³/mol. The van der Waals surface area contributed by atoms with Gasteiger partial charge in [0, 0.05) is 24.7 Å². The number of rotatable bonds is 5. The van der Waals surface area contributed by atoms with Crippen LogP contribution in [-0.4, -0.2) is 54.8 Å². The second-order valence-electron chi connectivity index (χ2n) is 6.30. The third-order valence-corrected chi connectivity index (χ3v) is 5.04. The van der Waals surface area contributed by atoms with Crippen molar-refractivity contribution in [2.24, 2.45) is 0 Å². The van der Waals surface area contributed by atoms with Crippen molar-refractivity contribution in [3.05, 3.63) is 42.1 Å². The average Bonchev–Trinajstić information content (AvgIpc) is 3.10. The molecule has 1 aromatic carbocycles. The smallest absolute Gasteiger partial charge is 0.272 e. The highest BCUT2D eigenvalue weighted by molar-refractivity contribution is 7.88. The van der Waals surface area contributed by atoms with Crippen molar-refractivity contribution in [1.29, 1.82) is 0 Å². The van der Waals surface area contributed by atoms with Crippen molar-refractivity contribution >= 4 is 15.9 Å². The zero-order valence-corrected chi connectivity index (χ0v) is 14.9. The minimum Gasteiger partial charge on any atom is -0.333 e. The molecule has 8 heteroatoms. The van der Waals surface area contributed by atoms with E-state index in [0.717, 1.165) is 31.1 Å². The molecule has 0 radical (unpaired) electrons. The molecule has 1 aliphatic rings. The summed E-state index contributed by atoms with van der Waals surface area (Å²) in [6, 6.07) is 11.2. The fraction of sp³-hybridized carbons (Fsp3) is 0.412. The molecule has 1 fully saturated rings. The lowest BCUT2D eigenvalue weighted by molar-refractivity contribution is 0.0612. The van der Waals surface area contributed by atoms with Gasteiger partial charge >= 0.3 is 0 Å². The minimum absolute atomic E-state index is 0.139. The fourth-order valence-corrected chi connectivity index (χ4v) is 3.57. The number of H-pyrrole nitrogens is 1. The summed E-state index contributed by atoms with van der Waals surface area (Å²) in [5.41, 5.74) is 2.07. The van der Waals surface area contributed by atoms with Crippen LogP contribution in [0.15, 0.2) is 36.4 Å². The van der Waals surface area contributed by atoms with Crippen molar-refractivity contribution in [3.63, 3.8) is 0 Å². The van der Waals surface area contributed by atoms with Gasteiger partial charge in [-0.1, -0.05) is 30.3 Å². The molecular formula is C17H22N4O3S. The number of sulfonamides is 1. The van der Waals surface area contributed by atoms with Crippen LogP contribution in [-0.2, 0) is 10.0 Å². The maximum atomic E-state index is 12.9. The number of nitrogens with zero attached hydrogens (tertiary/aromatic N) is 2. The standard InChI is InChI=1S/C17H22N4O3S/c1-25(23,24)18-12-14-9-5-6-10-21(14)17(22)16-11-15(19-20-16)13-7-3-2-4-8-13/h2-4,7-8,11,14,18H,5-6,9-10,12H2,1H3,(H,19,20)/t14-/m1/s1. The molecule has 2 heterocycles. The maximum Gasteiger partial charge on any atom is 0.272 e. The monoisotopic (exact) mass is 362 g/mol. The second kappa shape index (κ2) is 7.37. The molecule has 7 nitrogen and oxygen atoms in total. The lowest BCUT2D eigenvalue weighted by Crippen LogP contribution is -2.49. The maximum absolute atomic E-state index is 12.9. The Morgan fingerprint density at radius 1 is 1.32 bits per heavy atom. The Morgan fingerprint density at radius 3 is 2.80 bits per heavy atom. The van der Waals surface area contributed by atoms with E-state index in [1.165, 1.54) is 0 Å². The SMILES string of the molecule is CS(=O)(=O)NC[C@H]1CCCCN1C(=O)c1cc(-c2ccccc2)n[nH]1. The Hall–Kier alpha value is -2.19. The Balaban J connectivity index is 1.75. The van der Waals surface area contributed by atoms with Crippen LogP contribution in [0.5, 0.6) is 0 Å². The molecule has 1 atom stereocenters. The van der Waals surface area contributed by atoms with Gasteiger partial charge in [0.2, 0.25) is 10.0 Å². The number of aromatic amines is 1. The van der Waals surface area contributed by atoms with Crippen LogP contribution in [0, 0.1) is 0 Å². The molecule has 0 aliphatic carbocycles. The molecule has 0 spiro atoms. The first-order chi connectivity index (χ1) is 11.9. The fourth-order valence-electron chi connectivity index (χ4n) is 3.07. The number of benzene rings is 1. The number of piperidine rings is 1. The Kier molecular flexibility index (Phi) is 5.19. The largest absolute Gasteiger partial charge is 0.333 e. The molecule has 3 rings (SSSR count). The number of hydrogen-bond acceptors (Lipinski definition) is 4. The van der Waals surface area contributed by atoms with E-state index in [4.69, 9.17) is 0 Å². The number of likely N-dealkylation sites (tertiary alicyclic amines) is 1. The van der Waals surface area contributed by atoms with Crippen LogP contribution in [0.3, 0.4) is 0 Å². The van der Waals surface area contributed by atoms with E-state index in [9.17, 15) is 13.2 Å². The third-order valence-electron chi connectivity index (χ3n) is 4.35. The minimum atomic E-state index is -3.28. The van der Waals surface area contributed by atoms with Gasteiger partial charge in [0.15, 0.2) is 0 Å². The molecule has 1 aromatic heterocycles. The summed E-state index contributed by atoms with van der Waals surface area (Å²) in [6.07, 6.45) is 3.82. The van der Waals surface area contributed by atoms with Crippen molar-refractivity contribution in [2.45, 2.75) is 25.3 Å². The van der Waals surface area contributed by atoms with Crippen LogP contribution in [0.25, 0.3) is 11.3 Å². The lowest BCUT2D eigenvalue weighted by Gasteiger charge is -2.35. The van der Waals surface area contributed by atoms with Gasteiger partial charge < -0.3 is 4.90 Å². The van der Waals surface area contributed by atoms with Gasteiger partial charge in [0.1, 0.15) is 5.69 Å². The Bertz CT molecular complexity index is 833. The van der Waals surface area contributed by atoms with Gasteiger partial charge in [-0.15, -0.1) is 0 Å². The molecule has 0 saturated carbocycles. The first kappa shape index (κ1) is 17.6. The number of amides is 1. The van der Waals surface area contributed by atoms with E-state index < -0.39 is 10.0 Å². The number of carbonyl (C=O) groups excluding carboxylic acids is 1. The Labute approximate surface area is 147 Å². The molecule has 2 aromatic rings. The van der Waals surface area contributed by atoms with Crippen molar-refractivity contribution in [3.8, 4) is 11.3 Å². The van der Waals surface area contributed by atoms with Crippen LogP contribution in [0.4, 0.5) is 0 Å². The second-order valence-corrected chi connectivity index (χ2v) is 8.13. The molecule has 134 valence electrons. The molecule has 0 unspecified atom stereocenters. The number of aromatic nitrogens is 2.